The number of nitrogens with two attached hydrogens (primary N) is 1. The van der Waals surface area contributed by atoms with Crippen molar-refractivity contribution >= 4 is 16.6 Å². The molecule has 0 aliphatic rings. The van der Waals surface area contributed by atoms with E-state index in [1.54, 1.807) is 0 Å². The maximum atomic E-state index is 6.03. The van der Waals surface area contributed by atoms with Crippen LogP contribution in [0, 0.1) is 0 Å². The second-order valence-corrected chi connectivity index (χ2v) is 5.15. The quantitative estimate of drug-likeness (QED) is 0.795. The van der Waals surface area contributed by atoms with Gasteiger partial charge in [-0.2, -0.15) is 0 Å². The number of rotatable bonds is 4. The summed E-state index contributed by atoms with van der Waals surface area (Å²) in [5, 5.41) is 1.15. The maximum Gasteiger partial charge on any atom is 0.0702 e. The Morgan fingerprint density at radius 3 is 2.62 bits per heavy atom. The minimum Gasteiger partial charge on any atom is -0.366 e. The minimum absolute atomic E-state index is 0.150. The Balaban J connectivity index is 1.98. The first-order valence-corrected chi connectivity index (χ1v) is 7.12. The van der Waals surface area contributed by atoms with Gasteiger partial charge < -0.3 is 10.6 Å². The van der Waals surface area contributed by atoms with E-state index in [-0.39, 0.29) is 6.04 Å². The predicted octanol–water partition coefficient (Wildman–Crippen LogP) is 3.37. The third-order valence-corrected chi connectivity index (χ3v) is 3.87. The lowest BCUT2D eigenvalue weighted by atomic mass is 10.0. The fourth-order valence-electron chi connectivity index (χ4n) is 2.66. The molecule has 106 valence electrons. The molecule has 0 fully saturated rings. The molecule has 0 saturated heterocycles. The molecule has 0 saturated carbocycles. The van der Waals surface area contributed by atoms with E-state index >= 15 is 0 Å². The molecule has 1 unspecified atom stereocenters. The Labute approximate surface area is 125 Å². The van der Waals surface area contributed by atoms with E-state index in [4.69, 9.17) is 5.73 Å². The van der Waals surface area contributed by atoms with Crippen molar-refractivity contribution in [1.29, 1.82) is 0 Å². The molecule has 3 nitrogen and oxygen atoms in total. The molecule has 2 N–H and O–H groups in total. The third kappa shape index (κ3) is 2.73. The number of para-hydroxylation sites is 1. The standard InChI is InChI=1S/C18H19N3/c1-21(16-7-3-2-4-8-16)18(13-19)15-9-10-17-14(12-15)6-5-11-20-17/h2-12,18H,13,19H2,1H3. The van der Waals surface area contributed by atoms with Crippen LogP contribution in [0.15, 0.2) is 66.9 Å². The van der Waals surface area contributed by atoms with E-state index < -0.39 is 0 Å². The van der Waals surface area contributed by atoms with Gasteiger partial charge in [0.2, 0.25) is 0 Å². The first-order chi connectivity index (χ1) is 10.3. The largest absolute Gasteiger partial charge is 0.366 e. The van der Waals surface area contributed by atoms with Gasteiger partial charge >= 0.3 is 0 Å². The number of hydrogen-bond donors (Lipinski definition) is 1. The summed E-state index contributed by atoms with van der Waals surface area (Å²) in [6.45, 7) is 0.567. The SMILES string of the molecule is CN(c1ccccc1)C(CN)c1ccc2ncccc2c1. The minimum atomic E-state index is 0.150. The molecule has 0 bridgehead atoms. The Hall–Kier alpha value is -2.39. The molecule has 0 aliphatic carbocycles. The second-order valence-electron chi connectivity index (χ2n) is 5.15. The highest BCUT2D eigenvalue weighted by Gasteiger charge is 2.16. The van der Waals surface area contributed by atoms with Crippen LogP contribution in [0.3, 0.4) is 0 Å². The molecule has 1 heterocycles. The average Bonchev–Trinajstić information content (AvgIpc) is 2.56. The van der Waals surface area contributed by atoms with Crippen LogP contribution in [0.5, 0.6) is 0 Å². The second kappa shape index (κ2) is 5.94. The van der Waals surface area contributed by atoms with Gasteiger partial charge in [-0.25, -0.2) is 0 Å². The van der Waals surface area contributed by atoms with Gasteiger partial charge in [0.25, 0.3) is 0 Å². The van der Waals surface area contributed by atoms with Gasteiger partial charge in [-0.05, 0) is 35.9 Å². The number of anilines is 1. The number of pyridine rings is 1. The van der Waals surface area contributed by atoms with Crippen molar-refractivity contribution in [3.8, 4) is 0 Å². The molecule has 21 heavy (non-hydrogen) atoms. The van der Waals surface area contributed by atoms with Gasteiger partial charge in [-0.3, -0.25) is 4.98 Å². The van der Waals surface area contributed by atoms with Crippen molar-refractivity contribution in [2.75, 3.05) is 18.5 Å². The molecule has 0 amide bonds. The molecule has 0 spiro atoms. The summed E-state index contributed by atoms with van der Waals surface area (Å²) in [4.78, 5) is 6.59. The van der Waals surface area contributed by atoms with Crippen LogP contribution < -0.4 is 10.6 Å². The monoisotopic (exact) mass is 277 g/mol. The number of nitrogens with zero attached hydrogens (tertiary/aromatic N) is 2. The third-order valence-electron chi connectivity index (χ3n) is 3.87. The Morgan fingerprint density at radius 1 is 1.05 bits per heavy atom. The fraction of sp³-hybridized carbons (Fsp3) is 0.167. The molecule has 1 aromatic heterocycles. The van der Waals surface area contributed by atoms with Gasteiger partial charge in [0, 0.05) is 30.9 Å². The van der Waals surface area contributed by atoms with Crippen molar-refractivity contribution in [3.63, 3.8) is 0 Å². The van der Waals surface area contributed by atoms with Crippen molar-refractivity contribution in [3.05, 3.63) is 72.4 Å². The van der Waals surface area contributed by atoms with Crippen LogP contribution in [-0.2, 0) is 0 Å². The van der Waals surface area contributed by atoms with E-state index in [0.29, 0.717) is 6.54 Å². The van der Waals surface area contributed by atoms with E-state index in [1.807, 2.05) is 30.5 Å². The lowest BCUT2D eigenvalue weighted by Gasteiger charge is -2.29. The van der Waals surface area contributed by atoms with Crippen LogP contribution >= 0.6 is 0 Å². The van der Waals surface area contributed by atoms with E-state index in [2.05, 4.69) is 53.3 Å². The number of aromatic nitrogens is 1. The predicted molar refractivity (Wildman–Crippen MR) is 88.4 cm³/mol. The van der Waals surface area contributed by atoms with E-state index in [1.165, 1.54) is 11.3 Å². The lowest BCUT2D eigenvalue weighted by Crippen LogP contribution is -2.30. The van der Waals surface area contributed by atoms with Gasteiger partial charge in [0.05, 0.1) is 11.6 Å². The van der Waals surface area contributed by atoms with Crippen LogP contribution in [0.25, 0.3) is 10.9 Å². The summed E-state index contributed by atoms with van der Waals surface area (Å²) in [7, 11) is 2.08. The molecule has 3 rings (SSSR count). The van der Waals surface area contributed by atoms with Crippen LogP contribution in [0.4, 0.5) is 5.69 Å². The number of fused-ring (bicyclic) bond motifs is 1. The van der Waals surface area contributed by atoms with Crippen LogP contribution in [0.2, 0.25) is 0 Å². The number of likely N-dealkylation sites (N-methyl/N-ethyl adjacent to an activating group) is 1. The molecule has 2 aromatic carbocycles. The van der Waals surface area contributed by atoms with Crippen molar-refractivity contribution < 1.29 is 0 Å². The average molecular weight is 277 g/mol. The van der Waals surface area contributed by atoms with Gasteiger partial charge in [0.15, 0.2) is 0 Å². The zero-order valence-electron chi connectivity index (χ0n) is 12.1. The zero-order valence-corrected chi connectivity index (χ0v) is 12.1. The molecule has 3 aromatic rings. The fourth-order valence-corrected chi connectivity index (χ4v) is 2.66. The first-order valence-electron chi connectivity index (χ1n) is 7.12. The summed E-state index contributed by atoms with van der Waals surface area (Å²) >= 11 is 0. The topological polar surface area (TPSA) is 42.1 Å². The summed E-state index contributed by atoms with van der Waals surface area (Å²) < 4.78 is 0. The van der Waals surface area contributed by atoms with Gasteiger partial charge in [-0.15, -0.1) is 0 Å². The van der Waals surface area contributed by atoms with Crippen LogP contribution in [-0.4, -0.2) is 18.6 Å². The molecule has 0 radical (unpaired) electrons. The van der Waals surface area contributed by atoms with Crippen molar-refractivity contribution in [2.45, 2.75) is 6.04 Å². The summed E-state index contributed by atoms with van der Waals surface area (Å²) in [6, 6.07) is 20.9. The van der Waals surface area contributed by atoms with Crippen LogP contribution in [0.1, 0.15) is 11.6 Å². The molecule has 3 heteroatoms. The molecule has 1 atom stereocenters. The van der Waals surface area contributed by atoms with E-state index in [9.17, 15) is 0 Å². The highest BCUT2D eigenvalue weighted by atomic mass is 15.1. The Bertz CT molecular complexity index is 725. The first kappa shape index (κ1) is 13.6. The number of hydrogen-bond acceptors (Lipinski definition) is 3. The van der Waals surface area contributed by atoms with Gasteiger partial charge in [0.1, 0.15) is 0 Å². The van der Waals surface area contributed by atoms with Crippen molar-refractivity contribution in [2.24, 2.45) is 5.73 Å². The molecular formula is C18H19N3. The highest BCUT2D eigenvalue weighted by Crippen LogP contribution is 2.26. The Kier molecular flexibility index (Phi) is 3.84. The molecular weight excluding hydrogens is 258 g/mol. The van der Waals surface area contributed by atoms with E-state index in [0.717, 1.165) is 10.9 Å². The normalized spacial score (nSPS) is 12.3. The Morgan fingerprint density at radius 2 is 1.86 bits per heavy atom. The van der Waals surface area contributed by atoms with Gasteiger partial charge in [-0.1, -0.05) is 30.3 Å². The lowest BCUT2D eigenvalue weighted by molar-refractivity contribution is 0.681. The smallest absolute Gasteiger partial charge is 0.0702 e. The molecule has 0 aliphatic heterocycles. The summed E-state index contributed by atoms with van der Waals surface area (Å²) in [5.74, 6) is 0. The number of benzene rings is 2. The maximum absolute atomic E-state index is 6.03. The zero-order chi connectivity index (χ0) is 14.7. The highest BCUT2D eigenvalue weighted by molar-refractivity contribution is 5.79. The summed E-state index contributed by atoms with van der Waals surface area (Å²) in [5.41, 5.74) is 9.42. The van der Waals surface area contributed by atoms with Crippen molar-refractivity contribution in [1.82, 2.24) is 4.98 Å². The summed E-state index contributed by atoms with van der Waals surface area (Å²) in [6.07, 6.45) is 1.82.